The molecule has 2 N–H and O–H groups in total. The van der Waals surface area contributed by atoms with Crippen molar-refractivity contribution in [3.63, 3.8) is 0 Å². The van der Waals surface area contributed by atoms with Crippen molar-refractivity contribution in [1.82, 2.24) is 10.7 Å². The van der Waals surface area contributed by atoms with Gasteiger partial charge in [-0.1, -0.05) is 12.1 Å². The van der Waals surface area contributed by atoms with Crippen molar-refractivity contribution in [2.75, 3.05) is 19.8 Å². The van der Waals surface area contributed by atoms with E-state index in [1.165, 1.54) is 18.3 Å². The Bertz CT molecular complexity index is 508. The van der Waals surface area contributed by atoms with E-state index in [1.54, 1.807) is 12.1 Å². The summed E-state index contributed by atoms with van der Waals surface area (Å²) in [5.41, 5.74) is 3.29. The summed E-state index contributed by atoms with van der Waals surface area (Å²) in [6.07, 6.45) is 2.32. The molecule has 0 aliphatic heterocycles. The SMILES string of the molecule is CCOCCCNC(=S)N/N=C\c1cccc([N+](=O)[O-])c1. The molecule has 7 nitrogen and oxygen atoms in total. The molecule has 0 amide bonds. The molecule has 1 rings (SSSR count). The van der Waals surface area contributed by atoms with Crippen LogP contribution in [0.3, 0.4) is 0 Å². The van der Waals surface area contributed by atoms with Gasteiger partial charge in [0, 0.05) is 37.5 Å². The Kier molecular flexibility index (Phi) is 7.92. The van der Waals surface area contributed by atoms with Crippen molar-refractivity contribution in [3.05, 3.63) is 39.9 Å². The average molecular weight is 310 g/mol. The van der Waals surface area contributed by atoms with Crippen LogP contribution in [0.2, 0.25) is 0 Å². The second-order valence-corrected chi connectivity index (χ2v) is 4.44. The molecule has 8 heteroatoms. The molecule has 0 saturated heterocycles. The van der Waals surface area contributed by atoms with Crippen LogP contribution in [-0.4, -0.2) is 36.0 Å². The Balaban J connectivity index is 2.32. The van der Waals surface area contributed by atoms with Crippen LogP contribution in [0.1, 0.15) is 18.9 Å². The van der Waals surface area contributed by atoms with Crippen LogP contribution in [0, 0.1) is 10.1 Å². The lowest BCUT2D eigenvalue weighted by Gasteiger charge is -2.06. The first-order chi connectivity index (χ1) is 10.1. The lowest BCUT2D eigenvalue weighted by Crippen LogP contribution is -2.33. The Morgan fingerprint density at radius 3 is 3.10 bits per heavy atom. The molecule has 0 aliphatic carbocycles. The summed E-state index contributed by atoms with van der Waals surface area (Å²) < 4.78 is 5.20. The molecule has 0 radical (unpaired) electrons. The monoisotopic (exact) mass is 310 g/mol. The Morgan fingerprint density at radius 1 is 1.57 bits per heavy atom. The van der Waals surface area contributed by atoms with Gasteiger partial charge in [0.15, 0.2) is 5.11 Å². The third kappa shape index (κ3) is 7.33. The van der Waals surface area contributed by atoms with Gasteiger partial charge in [-0.05, 0) is 25.6 Å². The molecule has 0 unspecified atom stereocenters. The number of nitrogens with one attached hydrogen (secondary N) is 2. The maximum Gasteiger partial charge on any atom is 0.270 e. The molecule has 0 atom stereocenters. The molecular formula is C13H18N4O3S. The molecule has 0 aliphatic rings. The number of thiocarbonyl (C=S) groups is 1. The minimum Gasteiger partial charge on any atom is -0.382 e. The highest BCUT2D eigenvalue weighted by Crippen LogP contribution is 2.11. The van der Waals surface area contributed by atoms with Crippen LogP contribution in [0.15, 0.2) is 29.4 Å². The first kappa shape index (κ1) is 17.0. The zero-order valence-electron chi connectivity index (χ0n) is 11.7. The molecule has 0 bridgehead atoms. The average Bonchev–Trinajstić information content (AvgIpc) is 2.47. The minimum absolute atomic E-state index is 0.0237. The summed E-state index contributed by atoms with van der Waals surface area (Å²) in [7, 11) is 0. The largest absolute Gasteiger partial charge is 0.382 e. The summed E-state index contributed by atoms with van der Waals surface area (Å²) in [5.74, 6) is 0. The van der Waals surface area contributed by atoms with Crippen molar-refractivity contribution < 1.29 is 9.66 Å². The second kappa shape index (κ2) is 9.78. The summed E-state index contributed by atoms with van der Waals surface area (Å²) in [6.45, 7) is 4.03. The van der Waals surface area contributed by atoms with Crippen molar-refractivity contribution in [3.8, 4) is 0 Å². The lowest BCUT2D eigenvalue weighted by molar-refractivity contribution is -0.384. The van der Waals surface area contributed by atoms with Gasteiger partial charge in [-0.2, -0.15) is 5.10 Å². The number of nitro groups is 1. The first-order valence-corrected chi connectivity index (χ1v) is 6.93. The molecule has 21 heavy (non-hydrogen) atoms. The predicted molar refractivity (Wildman–Crippen MR) is 85.5 cm³/mol. The van der Waals surface area contributed by atoms with Gasteiger partial charge in [-0.15, -0.1) is 0 Å². The molecule has 0 heterocycles. The van der Waals surface area contributed by atoms with Crippen molar-refractivity contribution in [2.45, 2.75) is 13.3 Å². The maximum absolute atomic E-state index is 10.6. The van der Waals surface area contributed by atoms with E-state index < -0.39 is 4.92 Å². The fraction of sp³-hybridized carbons (Fsp3) is 0.385. The fourth-order valence-corrected chi connectivity index (χ4v) is 1.60. The van der Waals surface area contributed by atoms with E-state index in [2.05, 4.69) is 15.8 Å². The van der Waals surface area contributed by atoms with Crippen LogP contribution in [0.25, 0.3) is 0 Å². The highest BCUT2D eigenvalue weighted by atomic mass is 32.1. The topological polar surface area (TPSA) is 88.8 Å². The summed E-state index contributed by atoms with van der Waals surface area (Å²) in [4.78, 5) is 10.2. The van der Waals surface area contributed by atoms with Crippen LogP contribution >= 0.6 is 12.2 Å². The number of hydrogen-bond acceptors (Lipinski definition) is 5. The van der Waals surface area contributed by atoms with E-state index in [-0.39, 0.29) is 5.69 Å². The summed E-state index contributed by atoms with van der Waals surface area (Å²) in [5, 5.41) is 17.9. The molecule has 1 aromatic rings. The second-order valence-electron chi connectivity index (χ2n) is 4.03. The molecule has 0 aromatic heterocycles. The van der Waals surface area contributed by atoms with Gasteiger partial charge in [0.1, 0.15) is 0 Å². The Labute approximate surface area is 128 Å². The molecule has 0 spiro atoms. The van der Waals surface area contributed by atoms with E-state index in [9.17, 15) is 10.1 Å². The zero-order valence-corrected chi connectivity index (χ0v) is 12.6. The lowest BCUT2D eigenvalue weighted by atomic mass is 10.2. The van der Waals surface area contributed by atoms with E-state index in [4.69, 9.17) is 17.0 Å². The number of benzene rings is 1. The van der Waals surface area contributed by atoms with Gasteiger partial charge in [0.2, 0.25) is 0 Å². The number of hydrazone groups is 1. The van der Waals surface area contributed by atoms with Crippen molar-refractivity contribution >= 4 is 29.2 Å². The standard InChI is InChI=1S/C13H18N4O3S/c1-2-20-8-4-7-14-13(21)16-15-10-11-5-3-6-12(9-11)17(18)19/h3,5-6,9-10H,2,4,7-8H2,1H3,(H2,14,16,21)/b15-10-. The summed E-state index contributed by atoms with van der Waals surface area (Å²) >= 11 is 5.03. The maximum atomic E-state index is 10.6. The van der Waals surface area contributed by atoms with Crippen molar-refractivity contribution in [2.24, 2.45) is 5.10 Å². The van der Waals surface area contributed by atoms with E-state index >= 15 is 0 Å². The third-order valence-electron chi connectivity index (χ3n) is 2.42. The zero-order chi connectivity index (χ0) is 15.5. The molecule has 0 fully saturated rings. The smallest absolute Gasteiger partial charge is 0.270 e. The number of non-ortho nitro benzene ring substituents is 1. The van der Waals surface area contributed by atoms with Crippen LogP contribution in [0.5, 0.6) is 0 Å². The highest BCUT2D eigenvalue weighted by Gasteiger charge is 2.03. The quantitative estimate of drug-likeness (QED) is 0.250. The van der Waals surface area contributed by atoms with E-state index in [0.29, 0.717) is 30.4 Å². The van der Waals surface area contributed by atoms with Crippen LogP contribution < -0.4 is 10.7 Å². The van der Waals surface area contributed by atoms with E-state index in [0.717, 1.165) is 6.42 Å². The number of rotatable bonds is 8. The Morgan fingerprint density at radius 2 is 2.38 bits per heavy atom. The fourth-order valence-electron chi connectivity index (χ4n) is 1.44. The van der Waals surface area contributed by atoms with Crippen LogP contribution in [0.4, 0.5) is 5.69 Å². The summed E-state index contributed by atoms with van der Waals surface area (Å²) in [6, 6.07) is 6.18. The van der Waals surface area contributed by atoms with Gasteiger partial charge < -0.3 is 10.1 Å². The number of hydrogen-bond donors (Lipinski definition) is 2. The van der Waals surface area contributed by atoms with Gasteiger partial charge in [0.05, 0.1) is 11.1 Å². The van der Waals surface area contributed by atoms with Crippen LogP contribution in [-0.2, 0) is 4.74 Å². The molecular weight excluding hydrogens is 292 g/mol. The number of nitrogens with zero attached hydrogens (tertiary/aromatic N) is 2. The third-order valence-corrected chi connectivity index (χ3v) is 2.65. The van der Waals surface area contributed by atoms with Gasteiger partial charge in [-0.3, -0.25) is 15.5 Å². The van der Waals surface area contributed by atoms with Gasteiger partial charge in [0.25, 0.3) is 5.69 Å². The highest BCUT2D eigenvalue weighted by molar-refractivity contribution is 7.80. The first-order valence-electron chi connectivity index (χ1n) is 6.52. The van der Waals surface area contributed by atoms with Gasteiger partial charge >= 0.3 is 0 Å². The molecule has 1 aromatic carbocycles. The predicted octanol–water partition coefficient (Wildman–Crippen LogP) is 1.82. The number of nitro benzene ring substituents is 1. The van der Waals surface area contributed by atoms with Crippen molar-refractivity contribution in [1.29, 1.82) is 0 Å². The molecule has 0 saturated carbocycles. The normalized spacial score (nSPS) is 10.5. The number of ether oxygens (including phenoxy) is 1. The van der Waals surface area contributed by atoms with Gasteiger partial charge in [-0.25, -0.2) is 0 Å². The Hall–Kier alpha value is -2.06. The molecule has 114 valence electrons. The minimum atomic E-state index is -0.449. The van der Waals surface area contributed by atoms with E-state index in [1.807, 2.05) is 6.92 Å².